The fraction of sp³-hybridized carbons (Fsp3) is 0.111. The van der Waals surface area contributed by atoms with Gasteiger partial charge in [0.25, 0.3) is 0 Å². The lowest BCUT2D eigenvalue weighted by Gasteiger charge is -2.08. The first-order valence-corrected chi connectivity index (χ1v) is 7.43. The molecule has 0 fully saturated rings. The largest absolute Gasteiger partial charge is 0.325 e. The average molecular weight is 336 g/mol. The van der Waals surface area contributed by atoms with E-state index >= 15 is 0 Å². The molecule has 0 aliphatic carbocycles. The Hall–Kier alpha value is -3.53. The van der Waals surface area contributed by atoms with E-state index in [2.05, 4.69) is 10.4 Å². The van der Waals surface area contributed by atoms with Crippen LogP contribution in [-0.4, -0.2) is 21.5 Å². The number of hydrogen-bond acceptors (Lipinski definition) is 4. The topological polar surface area (TPSA) is 87.8 Å². The molecular weight excluding hydrogens is 323 g/mol. The summed E-state index contributed by atoms with van der Waals surface area (Å²) in [6.07, 6.45) is 0. The molecule has 0 bridgehead atoms. The van der Waals surface area contributed by atoms with Crippen molar-refractivity contribution in [2.75, 3.05) is 5.32 Å². The van der Waals surface area contributed by atoms with E-state index < -0.39 is 23.4 Å². The van der Waals surface area contributed by atoms with Gasteiger partial charge in [-0.3, -0.25) is 14.3 Å². The van der Waals surface area contributed by atoms with Crippen LogP contribution in [0.4, 0.5) is 10.1 Å². The molecule has 0 aliphatic heterocycles. The van der Waals surface area contributed by atoms with Gasteiger partial charge < -0.3 is 5.32 Å². The summed E-state index contributed by atoms with van der Waals surface area (Å²) in [6.45, 7) is 0. The van der Waals surface area contributed by atoms with Gasteiger partial charge in [-0.05, 0) is 30.3 Å². The normalized spacial score (nSPS) is 11.7. The van der Waals surface area contributed by atoms with E-state index in [0.717, 1.165) is 0 Å². The van der Waals surface area contributed by atoms with Crippen molar-refractivity contribution in [2.24, 2.45) is 13.0 Å². The number of nitrogens with one attached hydrogen (secondary N) is 1. The molecule has 2 aromatic carbocycles. The second-order valence-electron chi connectivity index (χ2n) is 5.42. The van der Waals surface area contributed by atoms with Crippen molar-refractivity contribution in [1.82, 2.24) is 9.78 Å². The number of fused-ring (bicyclic) bond motifs is 1. The Balaban J connectivity index is 1.94. The van der Waals surface area contributed by atoms with Crippen LogP contribution in [0.2, 0.25) is 0 Å². The van der Waals surface area contributed by atoms with Crippen molar-refractivity contribution in [2.45, 2.75) is 0 Å². The number of carbonyl (C=O) groups is 2. The highest BCUT2D eigenvalue weighted by Crippen LogP contribution is 2.22. The first kappa shape index (κ1) is 16.3. The third-order valence-corrected chi connectivity index (χ3v) is 3.74. The van der Waals surface area contributed by atoms with Crippen LogP contribution in [0.5, 0.6) is 0 Å². The quantitative estimate of drug-likeness (QED) is 0.586. The van der Waals surface area contributed by atoms with E-state index in [1.165, 1.54) is 22.9 Å². The standard InChI is InChI=1S/C18H13FN4O2/c1-23-15-8-7-11(19)9-13(15)16(22-23)17(24)14(10-20)18(25)21-12-5-3-2-4-6-12/h2-9,14H,1H3,(H,21,25). The molecule has 0 saturated heterocycles. The van der Waals surface area contributed by atoms with Gasteiger partial charge in [-0.25, -0.2) is 4.39 Å². The number of benzene rings is 2. The van der Waals surface area contributed by atoms with Crippen molar-refractivity contribution in [3.8, 4) is 6.07 Å². The van der Waals surface area contributed by atoms with Crippen LogP contribution < -0.4 is 5.32 Å². The fourth-order valence-electron chi connectivity index (χ4n) is 2.53. The monoisotopic (exact) mass is 336 g/mol. The third-order valence-electron chi connectivity index (χ3n) is 3.74. The Kier molecular flexibility index (Phi) is 4.27. The highest BCUT2D eigenvalue weighted by atomic mass is 19.1. The molecule has 124 valence electrons. The Labute approximate surface area is 142 Å². The summed E-state index contributed by atoms with van der Waals surface area (Å²) in [4.78, 5) is 25.0. The Bertz CT molecular complexity index is 1010. The number of Topliss-reactive ketones (excluding diaryl/α,β-unsaturated/α-hetero) is 1. The van der Waals surface area contributed by atoms with Gasteiger partial charge in [-0.15, -0.1) is 0 Å². The number of aryl methyl sites for hydroxylation is 1. The molecule has 3 rings (SSSR count). The molecule has 0 spiro atoms. The van der Waals surface area contributed by atoms with Crippen LogP contribution in [0.25, 0.3) is 10.9 Å². The Morgan fingerprint density at radius 1 is 1.24 bits per heavy atom. The molecule has 0 saturated carbocycles. The SMILES string of the molecule is Cn1nc(C(=O)C(C#N)C(=O)Nc2ccccc2)c2cc(F)ccc21. The predicted molar refractivity (Wildman–Crippen MR) is 89.2 cm³/mol. The first-order valence-electron chi connectivity index (χ1n) is 7.43. The van der Waals surface area contributed by atoms with Crippen LogP contribution in [0.15, 0.2) is 48.5 Å². The summed E-state index contributed by atoms with van der Waals surface area (Å²) in [6, 6.07) is 14.1. The molecule has 1 atom stereocenters. The summed E-state index contributed by atoms with van der Waals surface area (Å²) in [5.74, 6) is -3.64. The number of halogens is 1. The zero-order chi connectivity index (χ0) is 18.0. The second kappa shape index (κ2) is 6.53. The molecule has 1 heterocycles. The number of ketones is 1. The number of nitrogens with zero attached hydrogens (tertiary/aromatic N) is 3. The summed E-state index contributed by atoms with van der Waals surface area (Å²) in [5.41, 5.74) is 0.897. The number of aromatic nitrogens is 2. The minimum absolute atomic E-state index is 0.105. The summed E-state index contributed by atoms with van der Waals surface area (Å²) < 4.78 is 14.9. The van der Waals surface area contributed by atoms with Crippen molar-refractivity contribution < 1.29 is 14.0 Å². The van der Waals surface area contributed by atoms with Crippen LogP contribution in [0.1, 0.15) is 10.5 Å². The number of para-hydroxylation sites is 1. The molecule has 0 radical (unpaired) electrons. The predicted octanol–water partition coefficient (Wildman–Crippen LogP) is 2.67. The number of nitriles is 1. The second-order valence-corrected chi connectivity index (χ2v) is 5.42. The zero-order valence-electron chi connectivity index (χ0n) is 13.2. The lowest BCUT2D eigenvalue weighted by atomic mass is 10.00. The van der Waals surface area contributed by atoms with Crippen LogP contribution in [0, 0.1) is 23.1 Å². The summed E-state index contributed by atoms with van der Waals surface area (Å²) >= 11 is 0. The lowest BCUT2D eigenvalue weighted by Crippen LogP contribution is -2.29. The van der Waals surface area contributed by atoms with Crippen LogP contribution in [-0.2, 0) is 11.8 Å². The van der Waals surface area contributed by atoms with E-state index in [1.807, 2.05) is 0 Å². The maximum atomic E-state index is 13.5. The number of rotatable bonds is 4. The van der Waals surface area contributed by atoms with E-state index in [9.17, 15) is 19.2 Å². The van der Waals surface area contributed by atoms with Gasteiger partial charge in [0.15, 0.2) is 5.92 Å². The third kappa shape index (κ3) is 3.10. The van der Waals surface area contributed by atoms with Gasteiger partial charge in [-0.2, -0.15) is 10.4 Å². The maximum absolute atomic E-state index is 13.5. The summed E-state index contributed by atoms with van der Waals surface area (Å²) in [7, 11) is 1.60. The van der Waals surface area contributed by atoms with Gasteiger partial charge in [0.1, 0.15) is 11.5 Å². The minimum Gasteiger partial charge on any atom is -0.325 e. The molecule has 1 unspecified atom stereocenters. The van der Waals surface area contributed by atoms with E-state index in [-0.39, 0.29) is 11.1 Å². The molecule has 1 N–H and O–H groups in total. The van der Waals surface area contributed by atoms with E-state index in [1.54, 1.807) is 43.4 Å². The fourth-order valence-corrected chi connectivity index (χ4v) is 2.53. The molecule has 25 heavy (non-hydrogen) atoms. The molecule has 7 heteroatoms. The van der Waals surface area contributed by atoms with Crippen LogP contribution in [0.3, 0.4) is 0 Å². The average Bonchev–Trinajstić information content (AvgIpc) is 2.92. The molecule has 3 aromatic rings. The van der Waals surface area contributed by atoms with Gasteiger partial charge in [0.05, 0.1) is 11.6 Å². The maximum Gasteiger partial charge on any atom is 0.249 e. The highest BCUT2D eigenvalue weighted by Gasteiger charge is 2.31. The number of hydrogen-bond donors (Lipinski definition) is 1. The van der Waals surface area contributed by atoms with E-state index in [0.29, 0.717) is 11.2 Å². The first-order chi connectivity index (χ1) is 12.0. The molecule has 6 nitrogen and oxygen atoms in total. The van der Waals surface area contributed by atoms with E-state index in [4.69, 9.17) is 0 Å². The molecular formula is C18H13FN4O2. The number of amides is 1. The van der Waals surface area contributed by atoms with Gasteiger partial charge in [-0.1, -0.05) is 18.2 Å². The number of anilines is 1. The molecule has 1 amide bonds. The number of carbonyl (C=O) groups excluding carboxylic acids is 2. The molecule has 1 aromatic heterocycles. The summed E-state index contributed by atoms with van der Waals surface area (Å²) in [5, 5.41) is 16.1. The van der Waals surface area contributed by atoms with Gasteiger partial charge in [0, 0.05) is 18.1 Å². The van der Waals surface area contributed by atoms with Gasteiger partial charge in [0.2, 0.25) is 11.7 Å². The smallest absolute Gasteiger partial charge is 0.249 e. The van der Waals surface area contributed by atoms with Crippen molar-refractivity contribution >= 4 is 28.3 Å². The van der Waals surface area contributed by atoms with Crippen molar-refractivity contribution in [3.63, 3.8) is 0 Å². The van der Waals surface area contributed by atoms with Crippen molar-refractivity contribution in [1.29, 1.82) is 5.26 Å². The highest BCUT2D eigenvalue weighted by molar-refractivity contribution is 6.18. The van der Waals surface area contributed by atoms with Crippen molar-refractivity contribution in [3.05, 3.63) is 60.0 Å². The van der Waals surface area contributed by atoms with Gasteiger partial charge >= 0.3 is 0 Å². The Morgan fingerprint density at radius 3 is 2.64 bits per heavy atom. The Morgan fingerprint density at radius 2 is 1.96 bits per heavy atom. The van der Waals surface area contributed by atoms with Crippen LogP contribution >= 0.6 is 0 Å². The molecule has 0 aliphatic rings. The minimum atomic E-state index is -1.58. The lowest BCUT2D eigenvalue weighted by molar-refractivity contribution is -0.117. The zero-order valence-corrected chi connectivity index (χ0v) is 13.2.